The van der Waals surface area contributed by atoms with E-state index < -0.39 is 0 Å². The lowest BCUT2D eigenvalue weighted by molar-refractivity contribution is -0.130. The maximum Gasteiger partial charge on any atom is 0.227 e. The average Bonchev–Trinajstić information content (AvgIpc) is 3.25. The Labute approximate surface area is 215 Å². The van der Waals surface area contributed by atoms with E-state index in [1.165, 1.54) is 6.07 Å². The molecule has 190 valence electrons. The molecule has 5 rings (SSSR count). The average molecular weight is 500 g/mol. The highest BCUT2D eigenvalue weighted by molar-refractivity contribution is 6.01. The number of nitrogens with zero attached hydrogens (tertiary/aromatic N) is 3. The summed E-state index contributed by atoms with van der Waals surface area (Å²) in [7, 11) is 0. The van der Waals surface area contributed by atoms with E-state index in [1.807, 2.05) is 39.0 Å². The van der Waals surface area contributed by atoms with Crippen LogP contribution in [-0.4, -0.2) is 47.8 Å². The summed E-state index contributed by atoms with van der Waals surface area (Å²) in [6.45, 7) is 8.37. The van der Waals surface area contributed by atoms with Crippen molar-refractivity contribution in [2.75, 3.05) is 31.1 Å². The minimum Gasteiger partial charge on any atom is -0.452 e. The number of hydrogen-bond donors (Lipinski definition) is 0. The minimum absolute atomic E-state index is 0.0670. The molecular weight excluding hydrogens is 469 g/mol. The molecule has 0 aliphatic carbocycles. The molecule has 1 saturated heterocycles. The summed E-state index contributed by atoms with van der Waals surface area (Å²) in [6, 6.07) is 14.3. The zero-order valence-corrected chi connectivity index (χ0v) is 21.4. The molecule has 3 heterocycles. The van der Waals surface area contributed by atoms with Crippen LogP contribution in [0.3, 0.4) is 0 Å². The highest BCUT2D eigenvalue weighted by Crippen LogP contribution is 2.30. The molecule has 0 spiro atoms. The van der Waals surface area contributed by atoms with Gasteiger partial charge in [0.2, 0.25) is 11.7 Å². The van der Waals surface area contributed by atoms with Gasteiger partial charge in [-0.15, -0.1) is 0 Å². The fraction of sp³-hybridized carbons (Fsp3) is 0.300. The molecule has 1 aliphatic heterocycles. The summed E-state index contributed by atoms with van der Waals surface area (Å²) in [5, 5.41) is 0.978. The number of anilines is 1. The molecule has 0 unspecified atom stereocenters. The zero-order chi connectivity index (χ0) is 26.1. The summed E-state index contributed by atoms with van der Waals surface area (Å²) in [6.07, 6.45) is 2.01. The molecule has 2 aromatic heterocycles. The Morgan fingerprint density at radius 2 is 1.68 bits per heavy atom. The number of ketones is 1. The Hall–Kier alpha value is -4.00. The maximum absolute atomic E-state index is 13.9. The number of halogens is 1. The molecule has 1 aliphatic rings. The lowest BCUT2D eigenvalue weighted by atomic mass is 10.0. The Bertz CT molecular complexity index is 1470. The quantitative estimate of drug-likeness (QED) is 0.341. The molecule has 0 atom stereocenters. The van der Waals surface area contributed by atoms with Crippen molar-refractivity contribution in [3.05, 3.63) is 94.1 Å². The third kappa shape index (κ3) is 4.99. The van der Waals surface area contributed by atoms with Gasteiger partial charge in [0, 0.05) is 49.7 Å². The smallest absolute Gasteiger partial charge is 0.227 e. The predicted octanol–water partition coefficient (Wildman–Crippen LogP) is 5.21. The van der Waals surface area contributed by atoms with Gasteiger partial charge in [0.05, 0.1) is 6.42 Å². The summed E-state index contributed by atoms with van der Waals surface area (Å²) < 4.78 is 19.9. The van der Waals surface area contributed by atoms with Crippen LogP contribution in [0.25, 0.3) is 11.0 Å². The number of aromatic nitrogens is 1. The molecule has 1 amide bonds. The third-order valence-electron chi connectivity index (χ3n) is 7.31. The number of piperazine rings is 1. The molecule has 7 heteroatoms. The Morgan fingerprint density at radius 3 is 2.38 bits per heavy atom. The van der Waals surface area contributed by atoms with Crippen LogP contribution in [0.4, 0.5) is 10.2 Å². The van der Waals surface area contributed by atoms with Gasteiger partial charge >= 0.3 is 0 Å². The van der Waals surface area contributed by atoms with Crippen LogP contribution in [0.2, 0.25) is 0 Å². The second-order valence-electron chi connectivity index (χ2n) is 9.70. The highest BCUT2D eigenvalue weighted by atomic mass is 19.1. The first kappa shape index (κ1) is 24.7. The van der Waals surface area contributed by atoms with Gasteiger partial charge in [-0.25, -0.2) is 9.37 Å². The fourth-order valence-corrected chi connectivity index (χ4v) is 4.86. The second kappa shape index (κ2) is 10.2. The van der Waals surface area contributed by atoms with Crippen molar-refractivity contribution >= 4 is 28.5 Å². The first-order chi connectivity index (χ1) is 17.8. The van der Waals surface area contributed by atoms with E-state index in [1.54, 1.807) is 29.3 Å². The highest BCUT2D eigenvalue weighted by Gasteiger charge is 2.23. The maximum atomic E-state index is 13.9. The van der Waals surface area contributed by atoms with Gasteiger partial charge in [-0.2, -0.15) is 0 Å². The van der Waals surface area contributed by atoms with Gasteiger partial charge in [-0.1, -0.05) is 36.4 Å². The Morgan fingerprint density at radius 1 is 0.919 bits per heavy atom. The lowest BCUT2D eigenvalue weighted by Gasteiger charge is -2.35. The van der Waals surface area contributed by atoms with Gasteiger partial charge < -0.3 is 14.2 Å². The molecule has 4 aromatic rings. The van der Waals surface area contributed by atoms with Gasteiger partial charge in [-0.05, 0) is 55.2 Å². The SMILES string of the molecule is Cc1ccc2c(C)c(C(=O)Cc3ccc(N4CCN(C(=O)Cc5ccccc5F)CC4)nc3)oc2c1C. The number of benzene rings is 2. The molecule has 1 fully saturated rings. The van der Waals surface area contributed by atoms with E-state index in [-0.39, 0.29) is 30.3 Å². The van der Waals surface area contributed by atoms with Crippen molar-refractivity contribution in [1.82, 2.24) is 9.88 Å². The molecular formula is C30H30FN3O3. The predicted molar refractivity (Wildman–Crippen MR) is 142 cm³/mol. The molecule has 6 nitrogen and oxygen atoms in total. The number of Topliss-reactive ketones (excluding diaryl/α,β-unsaturated/α-hetero) is 1. The molecule has 0 saturated carbocycles. The number of aryl methyl sites for hydroxylation is 3. The standard InChI is InChI=1S/C30H30FN3O3/c1-19-8-10-24-21(3)30(37-29(24)20(19)2)26(35)16-22-9-11-27(32-18-22)33-12-14-34(15-13-33)28(36)17-23-6-4-5-7-25(23)31/h4-11,18H,12-17H2,1-3H3. The first-order valence-electron chi connectivity index (χ1n) is 12.6. The van der Waals surface area contributed by atoms with Crippen LogP contribution >= 0.6 is 0 Å². The molecule has 37 heavy (non-hydrogen) atoms. The number of carbonyl (C=O) groups is 2. The number of rotatable bonds is 6. The van der Waals surface area contributed by atoms with Crippen LogP contribution in [0.1, 0.15) is 38.4 Å². The normalized spacial score (nSPS) is 13.8. The van der Waals surface area contributed by atoms with Crippen molar-refractivity contribution in [3.63, 3.8) is 0 Å². The van der Waals surface area contributed by atoms with Crippen LogP contribution < -0.4 is 4.90 Å². The van der Waals surface area contributed by atoms with E-state index >= 15 is 0 Å². The lowest BCUT2D eigenvalue weighted by Crippen LogP contribution is -2.49. The Balaban J connectivity index is 1.19. The van der Waals surface area contributed by atoms with Crippen LogP contribution in [0.15, 0.2) is 59.1 Å². The number of fused-ring (bicyclic) bond motifs is 1. The van der Waals surface area contributed by atoms with Crippen molar-refractivity contribution in [2.45, 2.75) is 33.6 Å². The van der Waals surface area contributed by atoms with E-state index in [0.717, 1.165) is 39.0 Å². The number of hydrogen-bond acceptors (Lipinski definition) is 5. The van der Waals surface area contributed by atoms with Gasteiger partial charge in [0.15, 0.2) is 5.76 Å². The van der Waals surface area contributed by atoms with Crippen LogP contribution in [0.5, 0.6) is 0 Å². The number of pyridine rings is 1. The molecule has 0 bridgehead atoms. The van der Waals surface area contributed by atoms with E-state index in [9.17, 15) is 14.0 Å². The van der Waals surface area contributed by atoms with Gasteiger partial charge in [0.1, 0.15) is 17.2 Å². The van der Waals surface area contributed by atoms with E-state index in [0.29, 0.717) is 37.5 Å². The van der Waals surface area contributed by atoms with Gasteiger partial charge in [0.25, 0.3) is 0 Å². The summed E-state index contributed by atoms with van der Waals surface area (Å²) in [4.78, 5) is 34.1. The largest absolute Gasteiger partial charge is 0.452 e. The second-order valence-corrected chi connectivity index (χ2v) is 9.70. The van der Waals surface area contributed by atoms with Crippen molar-refractivity contribution in [1.29, 1.82) is 0 Å². The van der Waals surface area contributed by atoms with E-state index in [2.05, 4.69) is 16.0 Å². The minimum atomic E-state index is -0.349. The van der Waals surface area contributed by atoms with Crippen molar-refractivity contribution in [2.24, 2.45) is 0 Å². The fourth-order valence-electron chi connectivity index (χ4n) is 4.86. The Kier molecular flexibility index (Phi) is 6.78. The summed E-state index contributed by atoms with van der Waals surface area (Å²) in [5.41, 5.74) is 5.08. The molecule has 2 aromatic carbocycles. The topological polar surface area (TPSA) is 66.7 Å². The molecule has 0 N–H and O–H groups in total. The number of furan rings is 1. The summed E-state index contributed by atoms with van der Waals surface area (Å²) in [5.74, 6) is 0.727. The monoisotopic (exact) mass is 499 g/mol. The van der Waals surface area contributed by atoms with Gasteiger partial charge in [-0.3, -0.25) is 9.59 Å². The third-order valence-corrected chi connectivity index (χ3v) is 7.31. The van der Waals surface area contributed by atoms with Crippen LogP contribution in [-0.2, 0) is 17.6 Å². The van der Waals surface area contributed by atoms with Crippen molar-refractivity contribution in [3.8, 4) is 0 Å². The number of amides is 1. The number of carbonyl (C=O) groups excluding carboxylic acids is 2. The molecule has 0 radical (unpaired) electrons. The first-order valence-corrected chi connectivity index (χ1v) is 12.6. The van der Waals surface area contributed by atoms with Crippen LogP contribution in [0, 0.1) is 26.6 Å². The van der Waals surface area contributed by atoms with Crippen molar-refractivity contribution < 1.29 is 18.4 Å². The van der Waals surface area contributed by atoms with E-state index in [4.69, 9.17) is 4.42 Å². The summed E-state index contributed by atoms with van der Waals surface area (Å²) >= 11 is 0. The zero-order valence-electron chi connectivity index (χ0n) is 21.4.